The number of benzene rings is 1. The Balaban J connectivity index is 0.000000200. The summed E-state index contributed by atoms with van der Waals surface area (Å²) < 4.78 is 33.6. The minimum Gasteiger partial charge on any atom is -0.392 e. The molecular weight excluding hydrogens is 274 g/mol. The van der Waals surface area contributed by atoms with Crippen LogP contribution < -0.4 is 5.73 Å². The first-order valence-corrected chi connectivity index (χ1v) is 6.68. The summed E-state index contributed by atoms with van der Waals surface area (Å²) in [7, 11) is -4.02. The highest BCUT2D eigenvalue weighted by atomic mass is 32.2. The second-order valence-corrected chi connectivity index (χ2v) is 5.31. The number of hydrogen-bond donors (Lipinski definition) is 2. The fourth-order valence-electron chi connectivity index (χ4n) is 1.20. The molecule has 0 bridgehead atoms. The van der Waals surface area contributed by atoms with E-state index in [1.165, 1.54) is 12.1 Å². The molecule has 0 saturated carbocycles. The van der Waals surface area contributed by atoms with Gasteiger partial charge in [-0.05, 0) is 19.1 Å². The number of carbonyl (C=O) groups is 2. The lowest BCUT2D eigenvalue weighted by atomic mass is 10.2. The van der Waals surface area contributed by atoms with Crippen LogP contribution in [0.3, 0.4) is 0 Å². The van der Waals surface area contributed by atoms with Crippen molar-refractivity contribution in [3.05, 3.63) is 29.8 Å². The molecule has 1 aliphatic rings. The first kappa shape index (κ1) is 15.3. The van der Waals surface area contributed by atoms with Gasteiger partial charge in [-0.15, -0.1) is 0 Å². The Hall–Kier alpha value is -1.77. The smallest absolute Gasteiger partial charge is 0.331 e. The molecule has 1 aromatic carbocycles. The van der Waals surface area contributed by atoms with Crippen molar-refractivity contribution < 1.29 is 27.3 Å². The Labute approximate surface area is 110 Å². The van der Waals surface area contributed by atoms with Crippen LogP contribution in [0.4, 0.5) is 0 Å². The van der Waals surface area contributed by atoms with Crippen LogP contribution in [0.2, 0.25) is 0 Å². The van der Waals surface area contributed by atoms with Crippen LogP contribution >= 0.6 is 0 Å². The Bertz CT molecular complexity index is 578. The summed E-state index contributed by atoms with van der Waals surface area (Å²) >= 11 is 0. The second kappa shape index (κ2) is 5.91. The average Bonchev–Trinajstić information content (AvgIpc) is 2.56. The molecule has 1 aliphatic heterocycles. The Morgan fingerprint density at radius 2 is 1.79 bits per heavy atom. The van der Waals surface area contributed by atoms with Gasteiger partial charge in [-0.3, -0.25) is 9.35 Å². The Morgan fingerprint density at radius 3 is 2.05 bits per heavy atom. The molecule has 0 aliphatic carbocycles. The van der Waals surface area contributed by atoms with E-state index in [2.05, 4.69) is 4.74 Å². The van der Waals surface area contributed by atoms with Gasteiger partial charge in [0.2, 0.25) is 0 Å². The second-order valence-electron chi connectivity index (χ2n) is 3.89. The van der Waals surface area contributed by atoms with E-state index in [9.17, 15) is 18.0 Å². The zero-order chi connectivity index (χ0) is 14.6. The van der Waals surface area contributed by atoms with E-state index in [1.807, 2.05) is 6.92 Å². The molecule has 0 radical (unpaired) electrons. The van der Waals surface area contributed by atoms with Crippen molar-refractivity contribution >= 4 is 22.1 Å². The predicted molar refractivity (Wildman–Crippen MR) is 64.7 cm³/mol. The van der Waals surface area contributed by atoms with Gasteiger partial charge in [0.05, 0.1) is 11.3 Å². The van der Waals surface area contributed by atoms with Gasteiger partial charge in [0, 0.05) is 0 Å². The minimum absolute atomic E-state index is 0.0266. The standard InChI is InChI=1S/C7H8O3S.C4H5NO3/c1-6-2-4-7(5-3-6)11(8,9)10;5-2-1-3(6)8-4(2)7/h2-5H,1H3,(H,8,9,10);2H,1,5H2/t;2-/m.0/s1. The summed E-state index contributed by atoms with van der Waals surface area (Å²) in [6, 6.07) is 5.27. The normalized spacial score (nSPS) is 18.6. The topological polar surface area (TPSA) is 124 Å². The lowest BCUT2D eigenvalue weighted by Crippen LogP contribution is -2.24. The van der Waals surface area contributed by atoms with Gasteiger partial charge in [0.15, 0.2) is 0 Å². The highest BCUT2D eigenvalue weighted by molar-refractivity contribution is 7.85. The Morgan fingerprint density at radius 1 is 1.26 bits per heavy atom. The molecule has 8 heteroatoms. The zero-order valence-electron chi connectivity index (χ0n) is 10.1. The number of carbonyl (C=O) groups excluding carboxylic acids is 2. The van der Waals surface area contributed by atoms with Gasteiger partial charge in [0.1, 0.15) is 6.04 Å². The Kier molecular flexibility index (Phi) is 4.76. The lowest BCUT2D eigenvalue weighted by molar-refractivity contribution is -0.152. The van der Waals surface area contributed by atoms with Gasteiger partial charge in [0.25, 0.3) is 10.1 Å². The molecule has 2 rings (SSSR count). The molecule has 1 heterocycles. The molecular formula is C11H13NO6S. The van der Waals surface area contributed by atoms with E-state index >= 15 is 0 Å². The van der Waals surface area contributed by atoms with Crippen molar-refractivity contribution in [2.75, 3.05) is 0 Å². The SMILES string of the molecule is Cc1ccc(S(=O)(=O)O)cc1.N[C@H]1CC(=O)OC1=O. The van der Waals surface area contributed by atoms with Crippen molar-refractivity contribution in [3.63, 3.8) is 0 Å². The molecule has 0 unspecified atom stereocenters. The molecule has 0 amide bonds. The van der Waals surface area contributed by atoms with Crippen LogP contribution in [0.5, 0.6) is 0 Å². The third-order valence-electron chi connectivity index (χ3n) is 2.22. The van der Waals surface area contributed by atoms with Crippen molar-refractivity contribution in [1.29, 1.82) is 0 Å². The van der Waals surface area contributed by atoms with Gasteiger partial charge in [-0.1, -0.05) is 17.7 Å². The van der Waals surface area contributed by atoms with Crippen LogP contribution in [0, 0.1) is 6.92 Å². The number of esters is 2. The van der Waals surface area contributed by atoms with E-state index in [4.69, 9.17) is 10.3 Å². The number of ether oxygens (including phenoxy) is 1. The van der Waals surface area contributed by atoms with E-state index in [0.29, 0.717) is 0 Å². The number of nitrogens with two attached hydrogens (primary N) is 1. The zero-order valence-corrected chi connectivity index (χ0v) is 10.9. The van der Waals surface area contributed by atoms with E-state index in [1.54, 1.807) is 12.1 Å². The fraction of sp³-hybridized carbons (Fsp3) is 0.273. The third kappa shape index (κ3) is 4.78. The molecule has 104 valence electrons. The number of rotatable bonds is 1. The van der Waals surface area contributed by atoms with Crippen molar-refractivity contribution in [3.8, 4) is 0 Å². The van der Waals surface area contributed by atoms with E-state index in [0.717, 1.165) is 5.56 Å². The van der Waals surface area contributed by atoms with Gasteiger partial charge in [-0.25, -0.2) is 4.79 Å². The molecule has 3 N–H and O–H groups in total. The van der Waals surface area contributed by atoms with Crippen LogP contribution in [0.1, 0.15) is 12.0 Å². The average molecular weight is 287 g/mol. The number of cyclic esters (lactones) is 2. The lowest BCUT2D eigenvalue weighted by Gasteiger charge is -1.95. The molecule has 1 atom stereocenters. The number of hydrogen-bond acceptors (Lipinski definition) is 6. The maximum absolute atomic E-state index is 10.5. The monoisotopic (exact) mass is 287 g/mol. The molecule has 7 nitrogen and oxygen atoms in total. The van der Waals surface area contributed by atoms with Crippen LogP contribution in [0.15, 0.2) is 29.2 Å². The summed E-state index contributed by atoms with van der Waals surface area (Å²) in [4.78, 5) is 20.3. The first-order valence-electron chi connectivity index (χ1n) is 5.24. The highest BCUT2D eigenvalue weighted by Gasteiger charge is 2.29. The van der Waals surface area contributed by atoms with Crippen molar-refractivity contribution in [2.45, 2.75) is 24.3 Å². The molecule has 0 spiro atoms. The molecule has 1 saturated heterocycles. The molecule has 1 aromatic rings. The summed E-state index contributed by atoms with van der Waals surface area (Å²) in [5.41, 5.74) is 6.03. The molecule has 1 fully saturated rings. The van der Waals surface area contributed by atoms with Crippen molar-refractivity contribution in [2.24, 2.45) is 5.73 Å². The molecule has 0 aromatic heterocycles. The molecule has 19 heavy (non-hydrogen) atoms. The van der Waals surface area contributed by atoms with E-state index in [-0.39, 0.29) is 11.3 Å². The maximum Gasteiger partial charge on any atom is 0.331 e. The maximum atomic E-state index is 10.5. The summed E-state index contributed by atoms with van der Waals surface area (Å²) in [6.07, 6.45) is 0.0266. The van der Waals surface area contributed by atoms with Crippen LogP contribution in [-0.4, -0.2) is 31.0 Å². The quantitative estimate of drug-likeness (QED) is 0.424. The number of aryl methyl sites for hydroxylation is 1. The van der Waals surface area contributed by atoms with E-state index < -0.39 is 28.1 Å². The first-order chi connectivity index (χ1) is 8.70. The minimum atomic E-state index is -4.02. The largest absolute Gasteiger partial charge is 0.392 e. The summed E-state index contributed by atoms with van der Waals surface area (Å²) in [5, 5.41) is 0. The fourth-order valence-corrected chi connectivity index (χ4v) is 1.68. The van der Waals surface area contributed by atoms with Gasteiger partial charge < -0.3 is 10.5 Å². The van der Waals surface area contributed by atoms with Gasteiger partial charge >= 0.3 is 11.9 Å². The third-order valence-corrected chi connectivity index (χ3v) is 3.09. The highest BCUT2D eigenvalue weighted by Crippen LogP contribution is 2.08. The summed E-state index contributed by atoms with van der Waals surface area (Å²) in [5.74, 6) is -1.14. The summed E-state index contributed by atoms with van der Waals surface area (Å²) in [6.45, 7) is 1.84. The predicted octanol–water partition coefficient (Wildman–Crippen LogP) is 0.0289. The van der Waals surface area contributed by atoms with Crippen LogP contribution in [-0.2, 0) is 24.4 Å². The van der Waals surface area contributed by atoms with Gasteiger partial charge in [-0.2, -0.15) is 8.42 Å². The van der Waals surface area contributed by atoms with Crippen LogP contribution in [0.25, 0.3) is 0 Å². The van der Waals surface area contributed by atoms with Crippen molar-refractivity contribution in [1.82, 2.24) is 0 Å².